The standard InChI is InChI=1S/C23H27FN4O3S/c1-4-25-32(30,31)20-11-10-16(2)21(15-20)23(29)28(3)12-6-9-19-14-22(27-26-19)17-7-5-8-18(24)13-17/h5,7-8,10-11,13-15,25H,4,6,9,12H2,1-3H3,(H,26,27). The fourth-order valence-corrected chi connectivity index (χ4v) is 4.44. The Kier molecular flexibility index (Phi) is 7.42. The van der Waals surface area contributed by atoms with Crippen LogP contribution in [-0.2, 0) is 16.4 Å². The zero-order valence-corrected chi connectivity index (χ0v) is 19.2. The first kappa shape index (κ1) is 23.6. The number of carbonyl (C=O) groups excluding carboxylic acids is 1. The minimum Gasteiger partial charge on any atom is -0.342 e. The van der Waals surface area contributed by atoms with E-state index in [1.807, 2.05) is 6.07 Å². The fourth-order valence-electron chi connectivity index (χ4n) is 3.37. The van der Waals surface area contributed by atoms with Crippen molar-refractivity contribution in [1.29, 1.82) is 0 Å². The Morgan fingerprint density at radius 1 is 1.19 bits per heavy atom. The topological polar surface area (TPSA) is 95.2 Å². The van der Waals surface area contributed by atoms with Crippen LogP contribution in [0.5, 0.6) is 0 Å². The van der Waals surface area contributed by atoms with Gasteiger partial charge in [-0.15, -0.1) is 0 Å². The molecule has 170 valence electrons. The van der Waals surface area contributed by atoms with Gasteiger partial charge in [-0.05, 0) is 55.7 Å². The van der Waals surface area contributed by atoms with Crippen LogP contribution in [0.25, 0.3) is 11.3 Å². The first-order chi connectivity index (χ1) is 15.2. The van der Waals surface area contributed by atoms with Gasteiger partial charge in [0, 0.05) is 37.0 Å². The summed E-state index contributed by atoms with van der Waals surface area (Å²) < 4.78 is 40.4. The second-order valence-corrected chi connectivity index (χ2v) is 9.36. The average Bonchev–Trinajstić information content (AvgIpc) is 3.22. The Morgan fingerprint density at radius 3 is 2.69 bits per heavy atom. The van der Waals surface area contributed by atoms with Crippen LogP contribution in [-0.4, -0.2) is 49.6 Å². The molecular formula is C23H27FN4O3S. The first-order valence-corrected chi connectivity index (χ1v) is 11.9. The molecular weight excluding hydrogens is 431 g/mol. The van der Waals surface area contributed by atoms with Crippen molar-refractivity contribution in [2.45, 2.75) is 31.6 Å². The van der Waals surface area contributed by atoms with Crippen LogP contribution in [0.1, 0.15) is 35.0 Å². The highest BCUT2D eigenvalue weighted by Crippen LogP contribution is 2.20. The van der Waals surface area contributed by atoms with Crippen LogP contribution in [0.2, 0.25) is 0 Å². The highest BCUT2D eigenvalue weighted by molar-refractivity contribution is 7.89. The van der Waals surface area contributed by atoms with Crippen molar-refractivity contribution in [3.8, 4) is 11.3 Å². The number of nitrogens with zero attached hydrogens (tertiary/aromatic N) is 2. The van der Waals surface area contributed by atoms with E-state index in [0.717, 1.165) is 5.69 Å². The molecule has 32 heavy (non-hydrogen) atoms. The van der Waals surface area contributed by atoms with Gasteiger partial charge in [0.25, 0.3) is 5.91 Å². The van der Waals surface area contributed by atoms with E-state index in [0.29, 0.717) is 41.8 Å². The molecule has 2 N–H and O–H groups in total. The zero-order valence-electron chi connectivity index (χ0n) is 18.4. The summed E-state index contributed by atoms with van der Waals surface area (Å²) >= 11 is 0. The van der Waals surface area contributed by atoms with Gasteiger partial charge >= 0.3 is 0 Å². The molecule has 1 heterocycles. The summed E-state index contributed by atoms with van der Waals surface area (Å²) in [7, 11) is -1.95. The summed E-state index contributed by atoms with van der Waals surface area (Å²) in [6, 6.07) is 12.7. The maximum absolute atomic E-state index is 13.4. The predicted molar refractivity (Wildman–Crippen MR) is 121 cm³/mol. The van der Waals surface area contributed by atoms with Gasteiger partial charge in [-0.2, -0.15) is 5.10 Å². The van der Waals surface area contributed by atoms with E-state index < -0.39 is 10.0 Å². The lowest BCUT2D eigenvalue weighted by Gasteiger charge is -2.19. The lowest BCUT2D eigenvalue weighted by molar-refractivity contribution is 0.0792. The van der Waals surface area contributed by atoms with Gasteiger partial charge in [-0.25, -0.2) is 17.5 Å². The molecule has 0 aliphatic heterocycles. The van der Waals surface area contributed by atoms with Crippen molar-refractivity contribution in [1.82, 2.24) is 19.8 Å². The molecule has 0 aliphatic rings. The normalized spacial score (nSPS) is 11.5. The maximum atomic E-state index is 13.4. The van der Waals surface area contributed by atoms with Crippen molar-refractivity contribution in [2.24, 2.45) is 0 Å². The van der Waals surface area contributed by atoms with E-state index in [9.17, 15) is 17.6 Å². The second-order valence-electron chi connectivity index (χ2n) is 7.60. The smallest absolute Gasteiger partial charge is 0.253 e. The molecule has 0 atom stereocenters. The summed E-state index contributed by atoms with van der Waals surface area (Å²) in [4.78, 5) is 14.6. The highest BCUT2D eigenvalue weighted by Gasteiger charge is 2.19. The number of carbonyl (C=O) groups is 1. The Bertz CT molecular complexity index is 1210. The molecule has 7 nitrogen and oxygen atoms in total. The molecule has 3 rings (SSSR count). The number of benzene rings is 2. The van der Waals surface area contributed by atoms with Gasteiger partial charge in [0.1, 0.15) is 5.82 Å². The number of nitrogens with one attached hydrogen (secondary N) is 2. The van der Waals surface area contributed by atoms with Crippen LogP contribution in [0.3, 0.4) is 0 Å². The quantitative estimate of drug-likeness (QED) is 0.513. The highest BCUT2D eigenvalue weighted by atomic mass is 32.2. The van der Waals surface area contributed by atoms with Gasteiger partial charge in [0.15, 0.2) is 0 Å². The van der Waals surface area contributed by atoms with Gasteiger partial charge in [-0.1, -0.05) is 25.1 Å². The molecule has 1 amide bonds. The number of hydrogen-bond donors (Lipinski definition) is 2. The van der Waals surface area contributed by atoms with E-state index in [1.165, 1.54) is 24.3 Å². The number of aromatic amines is 1. The third-order valence-corrected chi connectivity index (χ3v) is 6.66. The van der Waals surface area contributed by atoms with Crippen LogP contribution in [0.4, 0.5) is 4.39 Å². The summed E-state index contributed by atoms with van der Waals surface area (Å²) in [6.07, 6.45) is 1.34. The lowest BCUT2D eigenvalue weighted by Crippen LogP contribution is -2.29. The third-order valence-electron chi connectivity index (χ3n) is 5.12. The van der Waals surface area contributed by atoms with Crippen molar-refractivity contribution < 1.29 is 17.6 Å². The Morgan fingerprint density at radius 2 is 1.97 bits per heavy atom. The van der Waals surface area contributed by atoms with Crippen LogP contribution >= 0.6 is 0 Å². The second kappa shape index (κ2) is 10.1. The minimum absolute atomic E-state index is 0.0732. The monoisotopic (exact) mass is 458 g/mol. The number of H-pyrrole nitrogens is 1. The SMILES string of the molecule is CCNS(=O)(=O)c1ccc(C)c(C(=O)N(C)CCCc2cc(-c3cccc(F)c3)n[nH]2)c1. The molecule has 0 saturated carbocycles. The molecule has 3 aromatic rings. The van der Waals surface area contributed by atoms with E-state index in [4.69, 9.17) is 0 Å². The zero-order chi connectivity index (χ0) is 23.3. The molecule has 9 heteroatoms. The molecule has 0 radical (unpaired) electrons. The first-order valence-electron chi connectivity index (χ1n) is 10.4. The Labute approximate surface area is 187 Å². The van der Waals surface area contributed by atoms with Crippen molar-refractivity contribution >= 4 is 15.9 Å². The predicted octanol–water partition coefficient (Wildman–Crippen LogP) is 3.53. The number of amides is 1. The molecule has 0 spiro atoms. The minimum atomic E-state index is -3.64. The number of hydrogen-bond acceptors (Lipinski definition) is 4. The summed E-state index contributed by atoms with van der Waals surface area (Å²) in [5, 5.41) is 7.19. The Hall–Kier alpha value is -3.04. The van der Waals surface area contributed by atoms with Crippen molar-refractivity contribution in [3.05, 3.63) is 71.2 Å². The largest absolute Gasteiger partial charge is 0.342 e. The number of rotatable bonds is 9. The molecule has 0 fully saturated rings. The van der Waals surface area contributed by atoms with Crippen LogP contribution in [0.15, 0.2) is 53.4 Å². The third kappa shape index (κ3) is 5.60. The van der Waals surface area contributed by atoms with E-state index in [2.05, 4.69) is 14.9 Å². The molecule has 0 aliphatic carbocycles. The van der Waals surface area contributed by atoms with Gasteiger partial charge in [0.2, 0.25) is 10.0 Å². The Balaban J connectivity index is 1.62. The average molecular weight is 459 g/mol. The number of sulfonamides is 1. The fraction of sp³-hybridized carbons (Fsp3) is 0.304. The van der Waals surface area contributed by atoms with E-state index in [1.54, 1.807) is 44.0 Å². The number of aromatic nitrogens is 2. The van der Waals surface area contributed by atoms with Crippen molar-refractivity contribution in [2.75, 3.05) is 20.1 Å². The van der Waals surface area contributed by atoms with Gasteiger partial charge < -0.3 is 4.90 Å². The van der Waals surface area contributed by atoms with Gasteiger partial charge in [-0.3, -0.25) is 9.89 Å². The molecule has 0 unspecified atom stereocenters. The molecule has 0 saturated heterocycles. The number of halogens is 1. The summed E-state index contributed by atoms with van der Waals surface area (Å²) in [5.74, 6) is -0.550. The molecule has 1 aromatic heterocycles. The maximum Gasteiger partial charge on any atom is 0.253 e. The van der Waals surface area contributed by atoms with Crippen molar-refractivity contribution in [3.63, 3.8) is 0 Å². The van der Waals surface area contributed by atoms with Crippen LogP contribution in [0, 0.1) is 12.7 Å². The molecule has 2 aromatic carbocycles. The summed E-state index contributed by atoms with van der Waals surface area (Å²) in [6.45, 7) is 4.24. The van der Waals surface area contributed by atoms with Gasteiger partial charge in [0.05, 0.1) is 10.6 Å². The number of aryl methyl sites for hydroxylation is 2. The molecule has 0 bridgehead atoms. The van der Waals surface area contributed by atoms with E-state index in [-0.39, 0.29) is 23.2 Å². The lowest BCUT2D eigenvalue weighted by atomic mass is 10.1. The van der Waals surface area contributed by atoms with E-state index >= 15 is 0 Å². The van der Waals surface area contributed by atoms with Crippen LogP contribution < -0.4 is 4.72 Å². The summed E-state index contributed by atoms with van der Waals surface area (Å²) in [5.41, 5.74) is 3.33.